The Morgan fingerprint density at radius 2 is 1.93 bits per heavy atom. The largest absolute Gasteiger partial charge is 0.140 e. The lowest BCUT2D eigenvalue weighted by atomic mass is 10.1. The van der Waals surface area contributed by atoms with E-state index in [1.54, 1.807) is 0 Å². The maximum atomic E-state index is 2.31. The number of hydrogen-bond donors (Lipinski definition) is 0. The summed E-state index contributed by atoms with van der Waals surface area (Å²) in [6.45, 7) is 0. The molecule has 74 valence electrons. The molecule has 0 fully saturated rings. The van der Waals surface area contributed by atoms with Gasteiger partial charge < -0.3 is 0 Å². The number of allylic oxidation sites excluding steroid dienone is 1. The van der Waals surface area contributed by atoms with Gasteiger partial charge in [-0.05, 0) is 30.0 Å². The van der Waals surface area contributed by atoms with E-state index < -0.39 is 0 Å². The Morgan fingerprint density at radius 1 is 1.07 bits per heavy atom. The van der Waals surface area contributed by atoms with Crippen LogP contribution in [0.1, 0.15) is 16.9 Å². The van der Waals surface area contributed by atoms with E-state index >= 15 is 0 Å². The van der Waals surface area contributed by atoms with Gasteiger partial charge in [0.1, 0.15) is 0 Å². The molecule has 0 atom stereocenters. The minimum atomic E-state index is 1.20. The number of thiophene rings is 1. The second-order valence-corrected chi connectivity index (χ2v) is 4.93. The zero-order chi connectivity index (χ0) is 10.1. The minimum absolute atomic E-state index is 1.20. The average Bonchev–Trinajstić information content (AvgIpc) is 2.74. The first-order chi connectivity index (χ1) is 7.43. The van der Waals surface area contributed by atoms with Crippen molar-refractivity contribution in [2.24, 2.45) is 0 Å². The lowest BCUT2D eigenvalue weighted by Gasteiger charge is -2.01. The van der Waals surface area contributed by atoms with Crippen molar-refractivity contribution in [3.05, 3.63) is 52.9 Å². The Bertz CT molecular complexity index is 491. The summed E-state index contributed by atoms with van der Waals surface area (Å²) in [5, 5.41) is 0. The monoisotopic (exact) mass is 212 g/mol. The maximum Gasteiger partial charge on any atom is 0.0351 e. The zero-order valence-corrected chi connectivity index (χ0v) is 9.26. The van der Waals surface area contributed by atoms with Crippen molar-refractivity contribution in [1.82, 2.24) is 0 Å². The lowest BCUT2D eigenvalue weighted by molar-refractivity contribution is 1.01. The Kier molecular flexibility index (Phi) is 2.18. The van der Waals surface area contributed by atoms with Crippen LogP contribution in [0, 0.1) is 0 Å². The maximum absolute atomic E-state index is 2.31. The first kappa shape index (κ1) is 8.93. The van der Waals surface area contributed by atoms with Crippen molar-refractivity contribution in [3.63, 3.8) is 0 Å². The SMILES string of the molecule is C1=Cc2cc(-c3ccccc3)sc2CC1. The summed E-state index contributed by atoms with van der Waals surface area (Å²) >= 11 is 1.94. The van der Waals surface area contributed by atoms with E-state index in [-0.39, 0.29) is 0 Å². The summed E-state index contributed by atoms with van der Waals surface area (Å²) in [7, 11) is 0. The van der Waals surface area contributed by atoms with Gasteiger partial charge in [-0.3, -0.25) is 0 Å². The Morgan fingerprint density at radius 3 is 2.73 bits per heavy atom. The first-order valence-corrected chi connectivity index (χ1v) is 6.10. The van der Waals surface area contributed by atoms with Gasteiger partial charge in [-0.2, -0.15) is 0 Å². The standard InChI is InChI=1S/C14H12S/c1-2-6-11(7-3-1)14-10-12-8-4-5-9-13(12)15-14/h1-4,6-8,10H,5,9H2. The van der Waals surface area contributed by atoms with Crippen molar-refractivity contribution < 1.29 is 0 Å². The van der Waals surface area contributed by atoms with E-state index in [1.165, 1.54) is 33.7 Å². The predicted octanol–water partition coefficient (Wildman–Crippen LogP) is 4.37. The lowest BCUT2D eigenvalue weighted by Crippen LogP contribution is -1.85. The van der Waals surface area contributed by atoms with E-state index in [2.05, 4.69) is 48.6 Å². The molecule has 0 radical (unpaired) electrons. The zero-order valence-electron chi connectivity index (χ0n) is 8.44. The number of aryl methyl sites for hydroxylation is 1. The van der Waals surface area contributed by atoms with Crippen LogP contribution in [-0.2, 0) is 6.42 Å². The molecule has 0 N–H and O–H groups in total. The third-order valence-electron chi connectivity index (χ3n) is 2.74. The van der Waals surface area contributed by atoms with E-state index in [9.17, 15) is 0 Å². The molecule has 2 aromatic rings. The molecule has 1 heteroatoms. The van der Waals surface area contributed by atoms with Gasteiger partial charge in [0, 0.05) is 9.75 Å². The molecule has 3 rings (SSSR count). The van der Waals surface area contributed by atoms with E-state index in [4.69, 9.17) is 0 Å². The molecule has 0 saturated heterocycles. The third-order valence-corrected chi connectivity index (χ3v) is 4.00. The van der Waals surface area contributed by atoms with Gasteiger partial charge in [0.25, 0.3) is 0 Å². The normalized spacial score (nSPS) is 13.9. The molecule has 0 nitrogen and oxygen atoms in total. The second kappa shape index (κ2) is 3.67. The van der Waals surface area contributed by atoms with Gasteiger partial charge >= 0.3 is 0 Å². The highest BCUT2D eigenvalue weighted by atomic mass is 32.1. The first-order valence-electron chi connectivity index (χ1n) is 5.28. The molecule has 1 heterocycles. The van der Waals surface area contributed by atoms with Gasteiger partial charge in [0.2, 0.25) is 0 Å². The van der Waals surface area contributed by atoms with Crippen LogP contribution in [0.5, 0.6) is 0 Å². The summed E-state index contributed by atoms with van der Waals surface area (Å²) in [5.41, 5.74) is 2.76. The van der Waals surface area contributed by atoms with Gasteiger partial charge in [-0.15, -0.1) is 11.3 Å². The highest BCUT2D eigenvalue weighted by Gasteiger charge is 2.10. The molecular formula is C14H12S. The molecule has 1 aliphatic carbocycles. The van der Waals surface area contributed by atoms with Crippen LogP contribution in [0.3, 0.4) is 0 Å². The molecule has 0 spiro atoms. The molecule has 1 aliphatic rings. The van der Waals surface area contributed by atoms with Gasteiger partial charge in [0.05, 0.1) is 0 Å². The smallest absolute Gasteiger partial charge is 0.0351 e. The van der Waals surface area contributed by atoms with Crippen LogP contribution in [0.4, 0.5) is 0 Å². The van der Waals surface area contributed by atoms with Crippen molar-refractivity contribution in [2.75, 3.05) is 0 Å². The summed E-state index contributed by atoms with van der Waals surface area (Å²) in [6.07, 6.45) is 6.93. The molecule has 1 aromatic heterocycles. The van der Waals surface area contributed by atoms with Crippen LogP contribution in [0.2, 0.25) is 0 Å². The van der Waals surface area contributed by atoms with Crippen LogP contribution < -0.4 is 0 Å². The fourth-order valence-electron chi connectivity index (χ4n) is 1.95. The Balaban J connectivity index is 2.07. The molecule has 0 aliphatic heterocycles. The third kappa shape index (κ3) is 1.64. The van der Waals surface area contributed by atoms with E-state index in [1.807, 2.05) is 11.3 Å². The van der Waals surface area contributed by atoms with Crippen LogP contribution in [0.15, 0.2) is 42.5 Å². The number of benzene rings is 1. The molecule has 0 unspecified atom stereocenters. The minimum Gasteiger partial charge on any atom is -0.140 e. The predicted molar refractivity (Wildman–Crippen MR) is 67.1 cm³/mol. The molecule has 1 aromatic carbocycles. The van der Waals surface area contributed by atoms with Crippen LogP contribution >= 0.6 is 11.3 Å². The average molecular weight is 212 g/mol. The molecule has 0 bridgehead atoms. The van der Waals surface area contributed by atoms with Gasteiger partial charge in [0.15, 0.2) is 0 Å². The summed E-state index contributed by atoms with van der Waals surface area (Å²) in [5.74, 6) is 0. The second-order valence-electron chi connectivity index (χ2n) is 3.80. The van der Waals surface area contributed by atoms with Crippen molar-refractivity contribution in [1.29, 1.82) is 0 Å². The quantitative estimate of drug-likeness (QED) is 0.658. The summed E-state index contributed by atoms with van der Waals surface area (Å²) < 4.78 is 0. The van der Waals surface area contributed by atoms with Gasteiger partial charge in [-0.25, -0.2) is 0 Å². The molecule has 0 amide bonds. The number of fused-ring (bicyclic) bond motifs is 1. The van der Waals surface area contributed by atoms with Gasteiger partial charge in [-0.1, -0.05) is 42.5 Å². The van der Waals surface area contributed by atoms with Crippen molar-refractivity contribution in [2.45, 2.75) is 12.8 Å². The fraction of sp³-hybridized carbons (Fsp3) is 0.143. The highest BCUT2D eigenvalue weighted by Crippen LogP contribution is 2.34. The molecule has 0 saturated carbocycles. The summed E-state index contributed by atoms with van der Waals surface area (Å²) in [6, 6.07) is 12.9. The molecular weight excluding hydrogens is 200 g/mol. The number of hydrogen-bond acceptors (Lipinski definition) is 1. The number of rotatable bonds is 1. The Labute approximate surface area is 93.9 Å². The van der Waals surface area contributed by atoms with E-state index in [0.29, 0.717) is 0 Å². The Hall–Kier alpha value is -1.34. The fourth-order valence-corrected chi connectivity index (χ4v) is 3.12. The van der Waals surface area contributed by atoms with Crippen molar-refractivity contribution in [3.8, 4) is 10.4 Å². The van der Waals surface area contributed by atoms with Crippen LogP contribution in [0.25, 0.3) is 16.5 Å². The van der Waals surface area contributed by atoms with Crippen LogP contribution in [-0.4, -0.2) is 0 Å². The topological polar surface area (TPSA) is 0 Å². The van der Waals surface area contributed by atoms with E-state index in [0.717, 1.165) is 0 Å². The highest BCUT2D eigenvalue weighted by molar-refractivity contribution is 7.15. The summed E-state index contributed by atoms with van der Waals surface area (Å²) in [4.78, 5) is 2.93. The molecule has 15 heavy (non-hydrogen) atoms. The van der Waals surface area contributed by atoms with Crippen molar-refractivity contribution >= 4 is 17.4 Å².